The molecule has 1 aromatic rings. The number of aryl methyl sites for hydroxylation is 1. The van der Waals surface area contributed by atoms with E-state index in [-0.39, 0.29) is 11.9 Å². The number of rotatable bonds is 5. The predicted molar refractivity (Wildman–Crippen MR) is 65.5 cm³/mol. The van der Waals surface area contributed by atoms with Gasteiger partial charge in [0.15, 0.2) is 5.84 Å². The van der Waals surface area contributed by atoms with Gasteiger partial charge in [0.2, 0.25) is 0 Å². The molecule has 0 aliphatic heterocycles. The van der Waals surface area contributed by atoms with Crippen LogP contribution in [0.3, 0.4) is 0 Å². The molecule has 1 unspecified atom stereocenters. The second-order valence-electron chi connectivity index (χ2n) is 3.75. The van der Waals surface area contributed by atoms with Crippen LogP contribution in [-0.2, 0) is 13.0 Å². The summed E-state index contributed by atoms with van der Waals surface area (Å²) >= 11 is 0. The Hall–Kier alpha value is -1.55. The number of benzene rings is 1. The van der Waals surface area contributed by atoms with E-state index in [1.165, 1.54) is 11.1 Å². The van der Waals surface area contributed by atoms with Crippen LogP contribution in [0.1, 0.15) is 25.0 Å². The van der Waals surface area contributed by atoms with Gasteiger partial charge in [-0.2, -0.15) is 0 Å². The van der Waals surface area contributed by atoms with E-state index in [1.807, 2.05) is 19.1 Å². The van der Waals surface area contributed by atoms with Crippen molar-refractivity contribution in [3.8, 4) is 0 Å². The molecule has 0 spiro atoms. The van der Waals surface area contributed by atoms with Crippen LogP contribution in [-0.4, -0.2) is 17.1 Å². The van der Waals surface area contributed by atoms with Crippen LogP contribution >= 0.6 is 0 Å². The van der Waals surface area contributed by atoms with Crippen LogP contribution in [0.5, 0.6) is 0 Å². The van der Waals surface area contributed by atoms with Gasteiger partial charge in [-0.05, 0) is 24.5 Å². The maximum Gasteiger partial charge on any atom is 0.156 e. The molecule has 0 aromatic heterocycles. The summed E-state index contributed by atoms with van der Waals surface area (Å²) in [6.07, 6.45) is 1.01. The van der Waals surface area contributed by atoms with Gasteiger partial charge in [-0.15, -0.1) is 0 Å². The van der Waals surface area contributed by atoms with Crippen LogP contribution in [0.15, 0.2) is 29.4 Å². The SMILES string of the molecule is CCc1ccccc1CNC(C)C(N)=NO. The molecule has 88 valence electrons. The van der Waals surface area contributed by atoms with Crippen molar-refractivity contribution in [2.24, 2.45) is 10.9 Å². The molecule has 0 saturated carbocycles. The van der Waals surface area contributed by atoms with Crippen LogP contribution in [0, 0.1) is 0 Å². The molecule has 0 heterocycles. The monoisotopic (exact) mass is 221 g/mol. The van der Waals surface area contributed by atoms with E-state index >= 15 is 0 Å². The lowest BCUT2D eigenvalue weighted by molar-refractivity contribution is 0.315. The number of hydrogen-bond acceptors (Lipinski definition) is 3. The quantitative estimate of drug-likeness (QED) is 0.305. The van der Waals surface area contributed by atoms with E-state index in [4.69, 9.17) is 10.9 Å². The molecule has 1 atom stereocenters. The zero-order valence-electron chi connectivity index (χ0n) is 9.77. The molecule has 1 aromatic carbocycles. The summed E-state index contributed by atoms with van der Waals surface area (Å²) in [6, 6.07) is 8.13. The molecule has 0 bridgehead atoms. The zero-order chi connectivity index (χ0) is 12.0. The number of nitrogens with zero attached hydrogens (tertiary/aromatic N) is 1. The molecule has 0 aliphatic carbocycles. The maximum atomic E-state index is 8.53. The standard InChI is InChI=1S/C12H19N3O/c1-3-10-6-4-5-7-11(10)8-14-9(2)12(13)15-16/h4-7,9,14,16H,3,8H2,1-2H3,(H2,13,15). The minimum Gasteiger partial charge on any atom is -0.409 e. The fourth-order valence-electron chi connectivity index (χ4n) is 1.53. The Labute approximate surface area is 96.2 Å². The summed E-state index contributed by atoms with van der Waals surface area (Å²) in [4.78, 5) is 0. The minimum absolute atomic E-state index is 0.130. The fraction of sp³-hybridized carbons (Fsp3) is 0.417. The van der Waals surface area contributed by atoms with Crippen molar-refractivity contribution in [2.45, 2.75) is 32.9 Å². The largest absolute Gasteiger partial charge is 0.409 e. The van der Waals surface area contributed by atoms with Crippen LogP contribution < -0.4 is 11.1 Å². The van der Waals surface area contributed by atoms with Gasteiger partial charge in [0.05, 0.1) is 6.04 Å². The summed E-state index contributed by atoms with van der Waals surface area (Å²) in [6.45, 7) is 4.72. The summed E-state index contributed by atoms with van der Waals surface area (Å²) in [5, 5.41) is 14.7. The molecule has 0 amide bonds. The highest BCUT2D eigenvalue weighted by molar-refractivity contribution is 5.84. The number of amidine groups is 1. The summed E-state index contributed by atoms with van der Waals surface area (Å²) < 4.78 is 0. The number of nitrogens with one attached hydrogen (secondary N) is 1. The molecule has 16 heavy (non-hydrogen) atoms. The van der Waals surface area contributed by atoms with E-state index < -0.39 is 0 Å². The molecule has 4 N–H and O–H groups in total. The lowest BCUT2D eigenvalue weighted by atomic mass is 10.1. The molecular weight excluding hydrogens is 202 g/mol. The zero-order valence-corrected chi connectivity index (χ0v) is 9.77. The molecule has 4 nitrogen and oxygen atoms in total. The maximum absolute atomic E-state index is 8.53. The van der Waals surface area contributed by atoms with E-state index in [1.54, 1.807) is 0 Å². The Morgan fingerprint density at radius 1 is 1.44 bits per heavy atom. The normalized spacial score (nSPS) is 13.8. The minimum atomic E-state index is -0.130. The third-order valence-electron chi connectivity index (χ3n) is 2.66. The lowest BCUT2D eigenvalue weighted by Crippen LogP contribution is -2.38. The van der Waals surface area contributed by atoms with Gasteiger partial charge in [0.25, 0.3) is 0 Å². The molecule has 0 fully saturated rings. The first kappa shape index (κ1) is 12.5. The molecule has 1 rings (SSSR count). The first-order valence-electron chi connectivity index (χ1n) is 5.46. The van der Waals surface area contributed by atoms with Gasteiger partial charge in [0.1, 0.15) is 0 Å². The Balaban J connectivity index is 2.61. The number of oxime groups is 1. The first-order chi connectivity index (χ1) is 7.69. The van der Waals surface area contributed by atoms with Crippen molar-refractivity contribution in [1.82, 2.24) is 5.32 Å². The van der Waals surface area contributed by atoms with E-state index in [9.17, 15) is 0 Å². The average Bonchev–Trinajstić information content (AvgIpc) is 2.35. The van der Waals surface area contributed by atoms with Gasteiger partial charge in [-0.1, -0.05) is 36.3 Å². The average molecular weight is 221 g/mol. The van der Waals surface area contributed by atoms with Crippen molar-refractivity contribution in [1.29, 1.82) is 0 Å². The van der Waals surface area contributed by atoms with Gasteiger partial charge in [-0.25, -0.2) is 0 Å². The van der Waals surface area contributed by atoms with Crippen LogP contribution in [0.2, 0.25) is 0 Å². The highest BCUT2D eigenvalue weighted by Crippen LogP contribution is 2.09. The van der Waals surface area contributed by atoms with Crippen molar-refractivity contribution >= 4 is 5.84 Å². The second kappa shape index (κ2) is 6.12. The molecule has 0 aliphatic rings. The Morgan fingerprint density at radius 2 is 2.06 bits per heavy atom. The number of nitrogens with two attached hydrogens (primary N) is 1. The Kier molecular flexibility index (Phi) is 4.79. The van der Waals surface area contributed by atoms with E-state index in [0.717, 1.165) is 13.0 Å². The van der Waals surface area contributed by atoms with Gasteiger partial charge in [-0.3, -0.25) is 0 Å². The van der Waals surface area contributed by atoms with Crippen LogP contribution in [0.4, 0.5) is 0 Å². The molecule has 4 heteroatoms. The second-order valence-corrected chi connectivity index (χ2v) is 3.75. The van der Waals surface area contributed by atoms with Crippen molar-refractivity contribution in [3.05, 3.63) is 35.4 Å². The van der Waals surface area contributed by atoms with Gasteiger partial charge in [0, 0.05) is 6.54 Å². The summed E-state index contributed by atoms with van der Waals surface area (Å²) in [5.74, 6) is 0.203. The third-order valence-corrected chi connectivity index (χ3v) is 2.66. The van der Waals surface area contributed by atoms with Crippen molar-refractivity contribution in [3.63, 3.8) is 0 Å². The van der Waals surface area contributed by atoms with Crippen molar-refractivity contribution in [2.75, 3.05) is 0 Å². The number of hydrogen-bond donors (Lipinski definition) is 3. The Morgan fingerprint density at radius 3 is 2.62 bits per heavy atom. The van der Waals surface area contributed by atoms with Crippen LogP contribution in [0.25, 0.3) is 0 Å². The predicted octanol–water partition coefficient (Wildman–Crippen LogP) is 1.47. The van der Waals surface area contributed by atoms with Gasteiger partial charge < -0.3 is 16.3 Å². The molecular formula is C12H19N3O. The first-order valence-corrected chi connectivity index (χ1v) is 5.46. The molecule has 0 saturated heterocycles. The smallest absolute Gasteiger partial charge is 0.156 e. The topological polar surface area (TPSA) is 70.6 Å². The highest BCUT2D eigenvalue weighted by atomic mass is 16.4. The molecule has 0 radical (unpaired) electrons. The Bertz CT molecular complexity index is 363. The lowest BCUT2D eigenvalue weighted by Gasteiger charge is -2.14. The van der Waals surface area contributed by atoms with Crippen molar-refractivity contribution < 1.29 is 5.21 Å². The summed E-state index contributed by atoms with van der Waals surface area (Å²) in [5.41, 5.74) is 8.06. The highest BCUT2D eigenvalue weighted by Gasteiger charge is 2.07. The summed E-state index contributed by atoms with van der Waals surface area (Å²) in [7, 11) is 0. The van der Waals surface area contributed by atoms with Gasteiger partial charge >= 0.3 is 0 Å². The fourth-order valence-corrected chi connectivity index (χ4v) is 1.53. The third kappa shape index (κ3) is 3.24. The van der Waals surface area contributed by atoms with E-state index in [0.29, 0.717) is 0 Å². The van der Waals surface area contributed by atoms with E-state index in [2.05, 4.69) is 29.5 Å².